The maximum absolute atomic E-state index is 12.3. The summed E-state index contributed by atoms with van der Waals surface area (Å²) in [4.78, 5) is 41.1. The maximum atomic E-state index is 12.3. The van der Waals surface area contributed by atoms with Gasteiger partial charge in [-0.2, -0.15) is 0 Å². The van der Waals surface area contributed by atoms with Crippen LogP contribution >= 0.6 is 0 Å². The number of hydrogen-bond donors (Lipinski definition) is 3. The lowest BCUT2D eigenvalue weighted by atomic mass is 10.1. The Hall–Kier alpha value is -3.81. The van der Waals surface area contributed by atoms with Gasteiger partial charge in [0, 0.05) is 23.7 Å². The van der Waals surface area contributed by atoms with E-state index >= 15 is 0 Å². The zero-order valence-electron chi connectivity index (χ0n) is 15.0. The Morgan fingerprint density at radius 3 is 2.75 bits per heavy atom. The molecule has 0 unspecified atom stereocenters. The number of benzene rings is 2. The van der Waals surface area contributed by atoms with Crippen LogP contribution in [0.4, 0.5) is 5.69 Å². The van der Waals surface area contributed by atoms with E-state index in [4.69, 9.17) is 9.15 Å². The molecule has 8 nitrogen and oxygen atoms in total. The van der Waals surface area contributed by atoms with E-state index in [0.717, 1.165) is 5.39 Å². The molecule has 0 radical (unpaired) electrons. The van der Waals surface area contributed by atoms with Gasteiger partial charge in [0.25, 0.3) is 5.56 Å². The van der Waals surface area contributed by atoms with Crippen LogP contribution in [-0.2, 0) is 11.2 Å². The fraction of sp³-hybridized carbons (Fsp3) is 0.150. The second kappa shape index (κ2) is 7.07. The maximum Gasteiger partial charge on any atom is 0.417 e. The number of aromatic nitrogens is 2. The lowest BCUT2D eigenvalue weighted by Crippen LogP contribution is -2.17. The SMILES string of the molecule is COc1ccc2cc(CCC(=O)Nc3ccc4oc(=O)[nH]c4c3)c(=O)[nH]c2c1. The van der Waals surface area contributed by atoms with Crippen molar-refractivity contribution in [1.29, 1.82) is 0 Å². The molecule has 8 heteroatoms. The van der Waals surface area contributed by atoms with E-state index in [2.05, 4.69) is 15.3 Å². The number of nitrogens with one attached hydrogen (secondary N) is 3. The highest BCUT2D eigenvalue weighted by Crippen LogP contribution is 2.19. The number of ether oxygens (including phenoxy) is 1. The molecular weight excluding hydrogens is 362 g/mol. The van der Waals surface area contributed by atoms with Crippen molar-refractivity contribution in [2.24, 2.45) is 0 Å². The van der Waals surface area contributed by atoms with Gasteiger partial charge in [-0.05, 0) is 48.2 Å². The number of fused-ring (bicyclic) bond motifs is 2. The third kappa shape index (κ3) is 3.52. The van der Waals surface area contributed by atoms with Gasteiger partial charge in [0.1, 0.15) is 5.75 Å². The molecule has 0 saturated heterocycles. The number of hydrogen-bond acceptors (Lipinski definition) is 5. The third-order valence-electron chi connectivity index (χ3n) is 4.45. The largest absolute Gasteiger partial charge is 0.497 e. The summed E-state index contributed by atoms with van der Waals surface area (Å²) < 4.78 is 10.1. The lowest BCUT2D eigenvalue weighted by molar-refractivity contribution is -0.116. The highest BCUT2D eigenvalue weighted by molar-refractivity contribution is 5.93. The fourth-order valence-corrected chi connectivity index (χ4v) is 3.04. The van der Waals surface area contributed by atoms with Gasteiger partial charge >= 0.3 is 5.76 Å². The molecule has 1 amide bonds. The number of aromatic amines is 2. The molecule has 0 bridgehead atoms. The first kappa shape index (κ1) is 17.6. The summed E-state index contributed by atoms with van der Waals surface area (Å²) in [5.74, 6) is -0.128. The summed E-state index contributed by atoms with van der Waals surface area (Å²) in [7, 11) is 1.56. The van der Waals surface area contributed by atoms with Crippen molar-refractivity contribution in [2.75, 3.05) is 12.4 Å². The lowest BCUT2D eigenvalue weighted by Gasteiger charge is -2.07. The van der Waals surface area contributed by atoms with Gasteiger partial charge in [0.15, 0.2) is 5.58 Å². The average Bonchev–Trinajstić information content (AvgIpc) is 3.05. The minimum atomic E-state index is -0.549. The van der Waals surface area contributed by atoms with Crippen molar-refractivity contribution in [1.82, 2.24) is 9.97 Å². The van der Waals surface area contributed by atoms with Crippen LogP contribution in [-0.4, -0.2) is 23.0 Å². The van der Waals surface area contributed by atoms with Crippen LogP contribution in [0.15, 0.2) is 56.5 Å². The third-order valence-corrected chi connectivity index (χ3v) is 4.45. The number of aryl methyl sites for hydroxylation is 1. The van der Waals surface area contributed by atoms with E-state index in [1.165, 1.54) is 0 Å². The topological polar surface area (TPSA) is 117 Å². The van der Waals surface area contributed by atoms with E-state index in [1.54, 1.807) is 37.4 Å². The molecule has 4 rings (SSSR count). The Morgan fingerprint density at radius 2 is 1.93 bits per heavy atom. The van der Waals surface area contributed by atoms with Gasteiger partial charge in [-0.25, -0.2) is 4.79 Å². The van der Waals surface area contributed by atoms with Crippen LogP contribution in [0.2, 0.25) is 0 Å². The Kier molecular flexibility index (Phi) is 4.44. The molecule has 0 fully saturated rings. The Labute approximate surface area is 158 Å². The molecule has 2 aromatic heterocycles. The summed E-state index contributed by atoms with van der Waals surface area (Å²) in [5.41, 5.74) is 2.44. The molecular formula is C20H17N3O5. The summed E-state index contributed by atoms with van der Waals surface area (Å²) in [6.45, 7) is 0. The second-order valence-corrected chi connectivity index (χ2v) is 6.35. The highest BCUT2D eigenvalue weighted by atomic mass is 16.5. The van der Waals surface area contributed by atoms with Crippen molar-refractivity contribution in [2.45, 2.75) is 12.8 Å². The van der Waals surface area contributed by atoms with E-state index in [0.29, 0.717) is 40.0 Å². The first-order valence-electron chi connectivity index (χ1n) is 8.64. The molecule has 0 atom stereocenters. The number of H-pyrrole nitrogens is 2. The molecule has 2 aromatic carbocycles. The first-order valence-corrected chi connectivity index (χ1v) is 8.64. The van der Waals surface area contributed by atoms with Crippen molar-refractivity contribution in [3.05, 3.63) is 68.9 Å². The molecule has 0 aliphatic rings. The van der Waals surface area contributed by atoms with Crippen molar-refractivity contribution in [3.8, 4) is 5.75 Å². The van der Waals surface area contributed by atoms with Crippen LogP contribution < -0.4 is 21.4 Å². The Bertz CT molecular complexity index is 1300. The Balaban J connectivity index is 1.47. The zero-order valence-corrected chi connectivity index (χ0v) is 15.0. The van der Waals surface area contributed by atoms with E-state index in [-0.39, 0.29) is 17.9 Å². The molecule has 0 aliphatic carbocycles. The summed E-state index contributed by atoms with van der Waals surface area (Å²) in [5, 5.41) is 3.62. The monoisotopic (exact) mass is 379 g/mol. The predicted octanol–water partition coefficient (Wildman–Crippen LogP) is 2.54. The van der Waals surface area contributed by atoms with E-state index < -0.39 is 5.76 Å². The number of carbonyl (C=O) groups is 1. The number of methoxy groups -OCH3 is 1. The number of anilines is 1. The molecule has 28 heavy (non-hydrogen) atoms. The Morgan fingerprint density at radius 1 is 1.07 bits per heavy atom. The van der Waals surface area contributed by atoms with Crippen LogP contribution in [0, 0.1) is 0 Å². The minimum absolute atomic E-state index is 0.144. The smallest absolute Gasteiger partial charge is 0.417 e. The first-order chi connectivity index (χ1) is 13.5. The molecule has 0 aliphatic heterocycles. The quantitative estimate of drug-likeness (QED) is 0.493. The molecule has 2 heterocycles. The fourth-order valence-electron chi connectivity index (χ4n) is 3.04. The van der Waals surface area contributed by atoms with Gasteiger partial charge < -0.3 is 19.5 Å². The number of oxazole rings is 1. The molecule has 3 N–H and O–H groups in total. The zero-order chi connectivity index (χ0) is 19.7. The second-order valence-electron chi connectivity index (χ2n) is 6.35. The highest BCUT2D eigenvalue weighted by Gasteiger charge is 2.09. The number of rotatable bonds is 5. The normalized spacial score (nSPS) is 11.0. The van der Waals surface area contributed by atoms with Gasteiger partial charge in [-0.1, -0.05) is 0 Å². The van der Waals surface area contributed by atoms with Gasteiger partial charge in [0.05, 0.1) is 18.1 Å². The number of amides is 1. The number of pyridine rings is 1. The van der Waals surface area contributed by atoms with E-state index in [9.17, 15) is 14.4 Å². The van der Waals surface area contributed by atoms with Gasteiger partial charge in [-0.15, -0.1) is 0 Å². The van der Waals surface area contributed by atoms with Crippen LogP contribution in [0.3, 0.4) is 0 Å². The molecule has 0 saturated carbocycles. The van der Waals surface area contributed by atoms with Crippen LogP contribution in [0.5, 0.6) is 5.75 Å². The van der Waals surface area contributed by atoms with Crippen molar-refractivity contribution >= 4 is 33.6 Å². The van der Waals surface area contributed by atoms with Crippen LogP contribution in [0.1, 0.15) is 12.0 Å². The van der Waals surface area contributed by atoms with E-state index in [1.807, 2.05) is 12.1 Å². The van der Waals surface area contributed by atoms with Gasteiger partial charge in [0.2, 0.25) is 5.91 Å². The van der Waals surface area contributed by atoms with Crippen molar-refractivity contribution in [3.63, 3.8) is 0 Å². The van der Waals surface area contributed by atoms with Gasteiger partial charge in [-0.3, -0.25) is 14.6 Å². The predicted molar refractivity (Wildman–Crippen MR) is 105 cm³/mol. The van der Waals surface area contributed by atoms with Crippen LogP contribution in [0.25, 0.3) is 22.0 Å². The average molecular weight is 379 g/mol. The molecule has 0 spiro atoms. The standard InChI is InChI=1S/C20H17N3O5/c1-27-14-5-2-11-8-12(19(25)22-15(11)10-14)3-7-18(24)21-13-4-6-17-16(9-13)23-20(26)28-17/h2,4-6,8-10H,3,7H2,1H3,(H,21,24)(H,22,25)(H,23,26). The molecule has 142 valence electrons. The van der Waals surface area contributed by atoms with Crippen molar-refractivity contribution < 1.29 is 13.9 Å². The molecule has 4 aromatic rings. The minimum Gasteiger partial charge on any atom is -0.497 e. The number of carbonyl (C=O) groups excluding carboxylic acids is 1. The summed E-state index contributed by atoms with van der Waals surface area (Å²) in [6.07, 6.45) is 0.443. The summed E-state index contributed by atoms with van der Waals surface area (Å²) in [6, 6.07) is 12.1. The summed E-state index contributed by atoms with van der Waals surface area (Å²) >= 11 is 0.